The third-order valence-electron chi connectivity index (χ3n) is 1.67. The predicted octanol–water partition coefficient (Wildman–Crippen LogP) is 2.35. The molecule has 78 valence electrons. The highest BCUT2D eigenvalue weighted by Gasteiger charge is 1.92. The maximum absolute atomic E-state index is 10.3. The summed E-state index contributed by atoms with van der Waals surface area (Å²) in [5, 5.41) is 8.42. The van der Waals surface area contributed by atoms with Gasteiger partial charge >= 0.3 is 5.97 Å². The summed E-state index contributed by atoms with van der Waals surface area (Å²) in [6, 6.07) is 7.14. The molecule has 0 atom stereocenters. The molecule has 0 saturated heterocycles. The van der Waals surface area contributed by atoms with Gasteiger partial charge in [0.15, 0.2) is 0 Å². The smallest absolute Gasteiger partial charge is 0.328 e. The minimum absolute atomic E-state index is 0.463. The van der Waals surface area contributed by atoms with Gasteiger partial charge in [0, 0.05) is 6.08 Å². The lowest BCUT2D eigenvalue weighted by Crippen LogP contribution is -1.92. The maximum Gasteiger partial charge on any atom is 0.328 e. The molecular weight excluding hydrogens is 192 g/mol. The molecule has 3 heteroatoms. The van der Waals surface area contributed by atoms with Crippen molar-refractivity contribution < 1.29 is 14.6 Å². The summed E-state index contributed by atoms with van der Waals surface area (Å²) in [5.74, 6) is -0.218. The van der Waals surface area contributed by atoms with Crippen LogP contribution in [-0.4, -0.2) is 17.7 Å². The first-order valence-electron chi connectivity index (χ1n) is 4.47. The molecule has 0 fully saturated rings. The Labute approximate surface area is 88.3 Å². The van der Waals surface area contributed by atoms with E-state index in [1.807, 2.05) is 0 Å². The number of hydrogen-bond donors (Lipinski definition) is 1. The average Bonchev–Trinajstić information content (AvgIpc) is 2.25. The summed E-state index contributed by atoms with van der Waals surface area (Å²) in [5.41, 5.74) is 0.823. The van der Waals surface area contributed by atoms with Crippen LogP contribution in [0.5, 0.6) is 5.75 Å². The Balaban J connectivity index is 2.63. The molecule has 1 N–H and O–H groups in total. The van der Waals surface area contributed by atoms with Crippen LogP contribution < -0.4 is 4.74 Å². The van der Waals surface area contributed by atoms with Crippen molar-refractivity contribution in [3.8, 4) is 5.75 Å². The molecule has 0 bridgehead atoms. The van der Waals surface area contributed by atoms with Gasteiger partial charge in [-0.3, -0.25) is 0 Å². The first-order valence-corrected chi connectivity index (χ1v) is 4.47. The van der Waals surface area contributed by atoms with Crippen molar-refractivity contribution in [1.82, 2.24) is 0 Å². The summed E-state index contributed by atoms with van der Waals surface area (Å²) in [6.45, 7) is 4.00. The van der Waals surface area contributed by atoms with Gasteiger partial charge in [0.25, 0.3) is 0 Å². The summed E-state index contributed by atoms with van der Waals surface area (Å²) in [4.78, 5) is 10.3. The zero-order valence-corrected chi connectivity index (χ0v) is 8.22. The topological polar surface area (TPSA) is 46.5 Å². The fraction of sp³-hybridized carbons (Fsp3) is 0.0833. The third kappa shape index (κ3) is 4.13. The molecule has 0 unspecified atom stereocenters. The normalized spacial score (nSPS) is 10.1. The van der Waals surface area contributed by atoms with Gasteiger partial charge in [-0.1, -0.05) is 24.8 Å². The van der Waals surface area contributed by atoms with Crippen molar-refractivity contribution in [3.63, 3.8) is 0 Å². The van der Waals surface area contributed by atoms with Crippen molar-refractivity contribution >= 4 is 12.0 Å². The van der Waals surface area contributed by atoms with E-state index in [0.717, 1.165) is 17.4 Å². The quantitative estimate of drug-likeness (QED) is 0.591. The van der Waals surface area contributed by atoms with Crippen molar-refractivity contribution in [2.45, 2.75) is 0 Å². The number of hydrogen-bond acceptors (Lipinski definition) is 2. The van der Waals surface area contributed by atoms with Gasteiger partial charge < -0.3 is 9.84 Å². The average molecular weight is 204 g/mol. The number of carbonyl (C=O) groups is 1. The Kier molecular flexibility index (Phi) is 4.16. The summed E-state index contributed by atoms with van der Waals surface area (Å²) in [7, 11) is 0. The summed E-state index contributed by atoms with van der Waals surface area (Å²) < 4.78 is 5.28. The minimum atomic E-state index is -0.956. The highest BCUT2D eigenvalue weighted by molar-refractivity contribution is 5.85. The first kappa shape index (κ1) is 11.0. The molecule has 1 aromatic rings. The van der Waals surface area contributed by atoms with Crippen molar-refractivity contribution in [2.24, 2.45) is 0 Å². The standard InChI is InChI=1S/C12H12O3/c1-2-9-15-11-6-3-10(4-7-11)5-8-12(13)14/h2-8H,1,9H2,(H,13,14)/b8-5-. The van der Waals surface area contributed by atoms with Crippen LogP contribution in [0.3, 0.4) is 0 Å². The Bertz CT molecular complexity index is 363. The fourth-order valence-corrected chi connectivity index (χ4v) is 0.998. The number of ether oxygens (including phenoxy) is 1. The molecule has 0 aliphatic carbocycles. The van der Waals surface area contributed by atoms with Crippen molar-refractivity contribution in [1.29, 1.82) is 0 Å². The lowest BCUT2D eigenvalue weighted by atomic mass is 10.2. The van der Waals surface area contributed by atoms with Crippen LogP contribution in [0.1, 0.15) is 5.56 Å². The minimum Gasteiger partial charge on any atom is -0.490 e. The summed E-state index contributed by atoms with van der Waals surface area (Å²) in [6.07, 6.45) is 4.29. The zero-order valence-electron chi connectivity index (χ0n) is 8.22. The maximum atomic E-state index is 10.3. The van der Waals surface area contributed by atoms with Crippen LogP contribution in [0.2, 0.25) is 0 Å². The van der Waals surface area contributed by atoms with Crippen LogP contribution in [0.25, 0.3) is 6.08 Å². The van der Waals surface area contributed by atoms with Crippen molar-refractivity contribution in [3.05, 3.63) is 48.6 Å². The Morgan fingerprint density at radius 2 is 2.07 bits per heavy atom. The third-order valence-corrected chi connectivity index (χ3v) is 1.67. The second-order valence-electron chi connectivity index (χ2n) is 2.84. The van der Waals surface area contributed by atoms with Crippen LogP contribution in [-0.2, 0) is 4.79 Å². The molecule has 0 radical (unpaired) electrons. The molecule has 0 heterocycles. The number of benzene rings is 1. The zero-order chi connectivity index (χ0) is 11.1. The van der Waals surface area contributed by atoms with E-state index >= 15 is 0 Å². The molecule has 0 aliphatic rings. The Hall–Kier alpha value is -2.03. The number of rotatable bonds is 5. The van der Waals surface area contributed by atoms with E-state index in [2.05, 4.69) is 6.58 Å². The highest BCUT2D eigenvalue weighted by Crippen LogP contribution is 2.12. The molecule has 3 nitrogen and oxygen atoms in total. The molecule has 1 rings (SSSR count). The van der Waals surface area contributed by atoms with Gasteiger partial charge in [-0.25, -0.2) is 4.79 Å². The van der Waals surface area contributed by atoms with Crippen molar-refractivity contribution in [2.75, 3.05) is 6.61 Å². The molecule has 0 spiro atoms. The molecule has 0 aromatic heterocycles. The van der Waals surface area contributed by atoms with Gasteiger partial charge in [-0.15, -0.1) is 0 Å². The second kappa shape index (κ2) is 5.65. The fourth-order valence-electron chi connectivity index (χ4n) is 0.998. The number of carboxylic acids is 1. The number of carboxylic acid groups (broad SMARTS) is 1. The molecule has 15 heavy (non-hydrogen) atoms. The molecule has 0 aliphatic heterocycles. The van der Waals surface area contributed by atoms with E-state index in [1.54, 1.807) is 30.3 Å². The second-order valence-corrected chi connectivity index (χ2v) is 2.84. The van der Waals surface area contributed by atoms with Crippen LogP contribution in [0.4, 0.5) is 0 Å². The lowest BCUT2D eigenvalue weighted by molar-refractivity contribution is -0.131. The van der Waals surface area contributed by atoms with Gasteiger partial charge in [-0.05, 0) is 23.8 Å². The predicted molar refractivity (Wildman–Crippen MR) is 58.8 cm³/mol. The van der Waals surface area contributed by atoms with Crippen LogP contribution >= 0.6 is 0 Å². The van der Waals surface area contributed by atoms with E-state index in [-0.39, 0.29) is 0 Å². The Morgan fingerprint density at radius 3 is 2.60 bits per heavy atom. The Morgan fingerprint density at radius 1 is 1.40 bits per heavy atom. The summed E-state index contributed by atoms with van der Waals surface area (Å²) >= 11 is 0. The van der Waals surface area contributed by atoms with E-state index in [9.17, 15) is 4.79 Å². The van der Waals surface area contributed by atoms with Gasteiger partial charge in [-0.2, -0.15) is 0 Å². The molecule has 1 aromatic carbocycles. The van der Waals surface area contributed by atoms with Gasteiger partial charge in [0.2, 0.25) is 0 Å². The molecule has 0 saturated carbocycles. The SMILES string of the molecule is C=CCOc1ccc(/C=C\C(=O)O)cc1. The van der Waals surface area contributed by atoms with E-state index < -0.39 is 5.97 Å². The van der Waals surface area contributed by atoms with Gasteiger partial charge in [0.05, 0.1) is 0 Å². The largest absolute Gasteiger partial charge is 0.490 e. The van der Waals surface area contributed by atoms with E-state index in [0.29, 0.717) is 6.61 Å². The first-order chi connectivity index (χ1) is 7.22. The molecule has 0 amide bonds. The number of aliphatic carboxylic acids is 1. The molecular formula is C12H12O3. The van der Waals surface area contributed by atoms with Crippen LogP contribution in [0.15, 0.2) is 43.0 Å². The monoisotopic (exact) mass is 204 g/mol. The van der Waals surface area contributed by atoms with Crippen LogP contribution in [0, 0.1) is 0 Å². The van der Waals surface area contributed by atoms with Gasteiger partial charge in [0.1, 0.15) is 12.4 Å². The lowest BCUT2D eigenvalue weighted by Gasteiger charge is -2.02. The van der Waals surface area contributed by atoms with E-state index in [4.69, 9.17) is 9.84 Å². The van der Waals surface area contributed by atoms with E-state index in [1.165, 1.54) is 6.08 Å². The highest BCUT2D eigenvalue weighted by atomic mass is 16.5.